The first kappa shape index (κ1) is 24.1. The van der Waals surface area contributed by atoms with Crippen molar-refractivity contribution < 1.29 is 22.7 Å². The second-order valence-electron chi connectivity index (χ2n) is 7.40. The molecule has 168 valence electrons. The predicted molar refractivity (Wildman–Crippen MR) is 119 cm³/mol. The van der Waals surface area contributed by atoms with Gasteiger partial charge in [-0.15, -0.1) is 0 Å². The van der Waals surface area contributed by atoms with Crippen LogP contribution in [0.2, 0.25) is 0 Å². The molecule has 8 nitrogen and oxygen atoms in total. The highest BCUT2D eigenvalue weighted by molar-refractivity contribution is 7.92. The van der Waals surface area contributed by atoms with E-state index in [2.05, 4.69) is 10.2 Å². The van der Waals surface area contributed by atoms with Gasteiger partial charge in [-0.2, -0.15) is 0 Å². The number of anilines is 2. The van der Waals surface area contributed by atoms with E-state index in [1.54, 1.807) is 6.92 Å². The number of likely N-dealkylation sites (N-methyl/N-ethyl adjacent to an activating group) is 1. The summed E-state index contributed by atoms with van der Waals surface area (Å²) in [6.45, 7) is 6.89. The van der Waals surface area contributed by atoms with E-state index in [1.807, 2.05) is 31.2 Å². The van der Waals surface area contributed by atoms with Gasteiger partial charge in [0.25, 0.3) is 0 Å². The molecule has 1 heterocycles. The first-order chi connectivity index (χ1) is 14.3. The summed E-state index contributed by atoms with van der Waals surface area (Å²) in [4.78, 5) is 28.2. The van der Waals surface area contributed by atoms with Gasteiger partial charge in [0.15, 0.2) is 9.84 Å². The Bertz CT molecular complexity index is 789. The van der Waals surface area contributed by atoms with Gasteiger partial charge < -0.3 is 19.9 Å². The first-order valence-electron chi connectivity index (χ1n) is 10.6. The molecule has 0 atom stereocenters. The maximum Gasteiger partial charge on any atom is 0.243 e. The van der Waals surface area contributed by atoms with Crippen LogP contribution in [0.4, 0.5) is 11.4 Å². The van der Waals surface area contributed by atoms with Crippen LogP contribution in [0.3, 0.4) is 0 Å². The van der Waals surface area contributed by atoms with E-state index in [4.69, 9.17) is 4.74 Å². The molecular formula is C21H33N3O5S. The second kappa shape index (κ2) is 11.9. The highest BCUT2D eigenvalue weighted by Crippen LogP contribution is 2.19. The van der Waals surface area contributed by atoms with Crippen molar-refractivity contribution in [2.75, 3.05) is 61.1 Å². The van der Waals surface area contributed by atoms with Gasteiger partial charge in [-0.3, -0.25) is 9.59 Å². The third-order valence-corrected chi connectivity index (χ3v) is 6.60. The van der Waals surface area contributed by atoms with Gasteiger partial charge in [0.2, 0.25) is 11.8 Å². The number of rotatable bonds is 11. The Morgan fingerprint density at radius 1 is 1.10 bits per heavy atom. The van der Waals surface area contributed by atoms with Gasteiger partial charge in [-0.05, 0) is 37.6 Å². The minimum Gasteiger partial charge on any atom is -0.378 e. The number of nitrogens with zero attached hydrogens (tertiary/aromatic N) is 2. The number of carbonyl (C=O) groups excluding carboxylic acids is 2. The minimum absolute atomic E-state index is 0.00578. The molecule has 0 bridgehead atoms. The van der Waals surface area contributed by atoms with Crippen LogP contribution in [0.15, 0.2) is 24.3 Å². The fourth-order valence-electron chi connectivity index (χ4n) is 3.25. The summed E-state index contributed by atoms with van der Waals surface area (Å²) in [7, 11) is -3.45. The van der Waals surface area contributed by atoms with E-state index in [9.17, 15) is 18.0 Å². The number of unbranched alkanes of at least 4 members (excludes halogenated alkanes) is 2. The Morgan fingerprint density at radius 3 is 2.37 bits per heavy atom. The number of carbonyl (C=O) groups is 2. The lowest BCUT2D eigenvalue weighted by Crippen LogP contribution is -2.41. The monoisotopic (exact) mass is 439 g/mol. The summed E-state index contributed by atoms with van der Waals surface area (Å²) in [5.74, 6) is -1.43. The highest BCUT2D eigenvalue weighted by atomic mass is 32.2. The Balaban J connectivity index is 1.86. The highest BCUT2D eigenvalue weighted by Gasteiger charge is 2.22. The van der Waals surface area contributed by atoms with E-state index in [0.717, 1.165) is 31.6 Å². The Morgan fingerprint density at radius 2 is 1.77 bits per heavy atom. The molecule has 2 rings (SSSR count). The van der Waals surface area contributed by atoms with Crippen molar-refractivity contribution in [3.8, 4) is 0 Å². The molecule has 30 heavy (non-hydrogen) atoms. The quantitative estimate of drug-likeness (QED) is 0.529. The smallest absolute Gasteiger partial charge is 0.243 e. The van der Waals surface area contributed by atoms with Crippen molar-refractivity contribution in [1.82, 2.24) is 4.90 Å². The lowest BCUT2D eigenvalue weighted by molar-refractivity contribution is -0.132. The number of hydrogen-bond acceptors (Lipinski definition) is 6. The molecule has 1 aliphatic heterocycles. The topological polar surface area (TPSA) is 96.0 Å². The maximum absolute atomic E-state index is 12.4. The van der Waals surface area contributed by atoms with Crippen LogP contribution in [0.25, 0.3) is 0 Å². The lowest BCUT2D eigenvalue weighted by Gasteiger charge is -2.29. The summed E-state index contributed by atoms with van der Waals surface area (Å²) in [6.07, 6.45) is 2.29. The molecule has 1 aromatic rings. The van der Waals surface area contributed by atoms with E-state index in [0.29, 0.717) is 25.3 Å². The number of benzene rings is 1. The number of sulfone groups is 1. The molecular weight excluding hydrogens is 406 g/mol. The number of ether oxygens (including phenoxy) is 1. The zero-order valence-corrected chi connectivity index (χ0v) is 18.7. The van der Waals surface area contributed by atoms with Crippen LogP contribution in [0, 0.1) is 0 Å². The van der Waals surface area contributed by atoms with Crippen LogP contribution >= 0.6 is 0 Å². The van der Waals surface area contributed by atoms with Crippen LogP contribution in [-0.2, 0) is 24.2 Å². The SMILES string of the molecule is CCCCCS(=O)(=O)CC(=O)N(CC)CC(=O)Nc1ccc(N2CCOCC2)cc1. The average Bonchev–Trinajstić information content (AvgIpc) is 2.73. The van der Waals surface area contributed by atoms with Gasteiger partial charge in [-0.1, -0.05) is 19.8 Å². The Labute approximate surface area is 179 Å². The van der Waals surface area contributed by atoms with Crippen molar-refractivity contribution in [3.63, 3.8) is 0 Å². The zero-order chi connectivity index (χ0) is 22.0. The second-order valence-corrected chi connectivity index (χ2v) is 9.59. The molecule has 1 fully saturated rings. The molecule has 1 N–H and O–H groups in total. The largest absolute Gasteiger partial charge is 0.378 e. The van der Waals surface area contributed by atoms with E-state index in [-0.39, 0.29) is 24.7 Å². The van der Waals surface area contributed by atoms with Gasteiger partial charge in [0.1, 0.15) is 5.75 Å². The van der Waals surface area contributed by atoms with Gasteiger partial charge in [0, 0.05) is 31.0 Å². The Kier molecular flexibility index (Phi) is 9.58. The van der Waals surface area contributed by atoms with Crippen molar-refractivity contribution in [1.29, 1.82) is 0 Å². The third-order valence-electron chi connectivity index (χ3n) is 5.00. The molecule has 0 aromatic heterocycles. The predicted octanol–water partition coefficient (Wildman–Crippen LogP) is 1.92. The molecule has 0 radical (unpaired) electrons. The molecule has 0 spiro atoms. The first-order valence-corrected chi connectivity index (χ1v) is 12.4. The Hall–Kier alpha value is -2.13. The van der Waals surface area contributed by atoms with Crippen LogP contribution in [-0.4, -0.2) is 76.0 Å². The van der Waals surface area contributed by atoms with Crippen molar-refractivity contribution in [3.05, 3.63) is 24.3 Å². The van der Waals surface area contributed by atoms with Gasteiger partial charge in [0.05, 0.1) is 25.5 Å². The maximum atomic E-state index is 12.4. The molecule has 9 heteroatoms. The van der Waals surface area contributed by atoms with E-state index >= 15 is 0 Å². The van der Waals surface area contributed by atoms with Crippen LogP contribution in [0.1, 0.15) is 33.1 Å². The summed E-state index contributed by atoms with van der Waals surface area (Å²) >= 11 is 0. The summed E-state index contributed by atoms with van der Waals surface area (Å²) in [6, 6.07) is 7.51. The lowest BCUT2D eigenvalue weighted by atomic mass is 10.2. The molecule has 2 amide bonds. The molecule has 1 aliphatic rings. The van der Waals surface area contributed by atoms with Crippen molar-refractivity contribution in [2.45, 2.75) is 33.1 Å². The van der Waals surface area contributed by atoms with E-state index < -0.39 is 21.5 Å². The number of hydrogen-bond donors (Lipinski definition) is 1. The summed E-state index contributed by atoms with van der Waals surface area (Å²) < 4.78 is 29.6. The van der Waals surface area contributed by atoms with Crippen LogP contribution < -0.4 is 10.2 Å². The number of nitrogens with one attached hydrogen (secondary N) is 1. The van der Waals surface area contributed by atoms with Crippen molar-refractivity contribution in [2.24, 2.45) is 0 Å². The molecule has 0 saturated carbocycles. The van der Waals surface area contributed by atoms with Gasteiger partial charge in [-0.25, -0.2) is 8.42 Å². The number of morpholine rings is 1. The standard InChI is InChI=1S/C21H33N3O5S/c1-3-5-6-15-30(27,28)17-21(26)23(4-2)16-20(25)22-18-7-9-19(10-8-18)24-11-13-29-14-12-24/h7-10H,3-6,11-17H2,1-2H3,(H,22,25). The average molecular weight is 440 g/mol. The molecule has 1 saturated heterocycles. The zero-order valence-electron chi connectivity index (χ0n) is 17.9. The fourth-order valence-corrected chi connectivity index (χ4v) is 4.60. The fraction of sp³-hybridized carbons (Fsp3) is 0.619. The normalized spacial score (nSPS) is 14.4. The van der Waals surface area contributed by atoms with Crippen LogP contribution in [0.5, 0.6) is 0 Å². The summed E-state index contributed by atoms with van der Waals surface area (Å²) in [5, 5.41) is 2.77. The molecule has 1 aromatic carbocycles. The summed E-state index contributed by atoms with van der Waals surface area (Å²) in [5.41, 5.74) is 1.70. The number of amides is 2. The van der Waals surface area contributed by atoms with Gasteiger partial charge >= 0.3 is 0 Å². The molecule has 0 unspecified atom stereocenters. The molecule has 0 aliphatic carbocycles. The van der Waals surface area contributed by atoms with E-state index in [1.165, 1.54) is 4.90 Å². The third kappa shape index (κ3) is 7.95. The minimum atomic E-state index is -3.45. The van der Waals surface area contributed by atoms with Crippen molar-refractivity contribution >= 4 is 33.0 Å².